The molecule has 0 nitrogen and oxygen atoms in total. The Hall–Kier alpha value is -0.794. The summed E-state index contributed by atoms with van der Waals surface area (Å²) in [6.07, 6.45) is 0. The molecule has 0 N–H and O–H groups in total. The molecule has 0 saturated heterocycles. The molecule has 0 radical (unpaired) electrons. The molecule has 0 amide bonds. The topological polar surface area (TPSA) is 0 Å². The first-order valence-corrected chi connectivity index (χ1v) is 5.48. The van der Waals surface area contributed by atoms with Crippen LogP contribution in [0.2, 0.25) is 0 Å². The molecular formula is C16H18Mg. The number of aryl methyl sites for hydroxylation is 4. The first kappa shape index (κ1) is 16.2. The summed E-state index contributed by atoms with van der Waals surface area (Å²) in [6, 6.07) is 18.0. The molecule has 0 atom stereocenters. The Balaban J connectivity index is 0.000000284. The third-order valence-corrected chi connectivity index (χ3v) is 2.70. The van der Waals surface area contributed by atoms with Crippen LogP contribution < -0.4 is 0 Å². The van der Waals surface area contributed by atoms with Crippen molar-refractivity contribution < 1.29 is 0 Å². The van der Waals surface area contributed by atoms with Gasteiger partial charge in [-0.3, -0.25) is 0 Å². The van der Waals surface area contributed by atoms with Crippen LogP contribution in [0.4, 0.5) is 0 Å². The maximum atomic E-state index is 3.00. The van der Waals surface area contributed by atoms with E-state index in [1.165, 1.54) is 22.3 Å². The zero-order chi connectivity index (χ0) is 12.0. The van der Waals surface area contributed by atoms with Gasteiger partial charge in [0.25, 0.3) is 0 Å². The van der Waals surface area contributed by atoms with Crippen LogP contribution in [0, 0.1) is 39.8 Å². The summed E-state index contributed by atoms with van der Waals surface area (Å²) in [5, 5.41) is 0. The molecule has 2 aromatic carbocycles. The maximum Gasteiger partial charge on any atom is 2.00 e. The zero-order valence-corrected chi connectivity index (χ0v) is 12.6. The Morgan fingerprint density at radius 2 is 1.00 bits per heavy atom. The van der Waals surface area contributed by atoms with Crippen molar-refractivity contribution >= 4 is 23.1 Å². The molecule has 2 rings (SSSR count). The van der Waals surface area contributed by atoms with Gasteiger partial charge in [0.1, 0.15) is 0 Å². The Morgan fingerprint density at radius 3 is 1.18 bits per heavy atom. The van der Waals surface area contributed by atoms with Crippen LogP contribution in [-0.4, -0.2) is 23.1 Å². The molecule has 1 heteroatoms. The largest absolute Gasteiger partial charge is 2.00 e. The first-order valence-electron chi connectivity index (χ1n) is 5.48. The van der Waals surface area contributed by atoms with Crippen LogP contribution in [0.25, 0.3) is 0 Å². The Bertz CT molecular complexity index is 361. The summed E-state index contributed by atoms with van der Waals surface area (Å²) < 4.78 is 0. The molecule has 0 fully saturated rings. The van der Waals surface area contributed by atoms with Crippen LogP contribution in [0.3, 0.4) is 0 Å². The fourth-order valence-electron chi connectivity index (χ4n) is 1.18. The van der Waals surface area contributed by atoms with Crippen molar-refractivity contribution in [2.75, 3.05) is 0 Å². The molecule has 0 heterocycles. The van der Waals surface area contributed by atoms with E-state index in [1.54, 1.807) is 0 Å². The second-order valence-electron chi connectivity index (χ2n) is 4.02. The zero-order valence-electron chi connectivity index (χ0n) is 11.2. The van der Waals surface area contributed by atoms with Crippen molar-refractivity contribution in [3.8, 4) is 0 Å². The molecule has 0 bridgehead atoms. The second-order valence-corrected chi connectivity index (χ2v) is 4.02. The molecule has 0 unspecified atom stereocenters. The SMILES string of the molecule is Cc1c[c-]ccc1C.Cc1c[c-]ccc1C.[Mg+2]. The summed E-state index contributed by atoms with van der Waals surface area (Å²) in [4.78, 5) is 0. The molecule has 0 aliphatic rings. The third kappa shape index (κ3) is 5.90. The van der Waals surface area contributed by atoms with Crippen LogP contribution >= 0.6 is 0 Å². The van der Waals surface area contributed by atoms with Gasteiger partial charge >= 0.3 is 23.1 Å². The number of hydrogen-bond donors (Lipinski definition) is 0. The van der Waals surface area contributed by atoms with Gasteiger partial charge in [-0.1, -0.05) is 27.7 Å². The van der Waals surface area contributed by atoms with Crippen LogP contribution in [-0.2, 0) is 0 Å². The number of hydrogen-bond acceptors (Lipinski definition) is 0. The van der Waals surface area contributed by atoms with Crippen molar-refractivity contribution in [2.24, 2.45) is 0 Å². The van der Waals surface area contributed by atoms with Crippen molar-refractivity contribution in [3.05, 3.63) is 70.8 Å². The number of rotatable bonds is 0. The molecule has 0 aliphatic heterocycles. The van der Waals surface area contributed by atoms with E-state index in [-0.39, 0.29) is 23.1 Å². The second kappa shape index (κ2) is 8.32. The van der Waals surface area contributed by atoms with E-state index >= 15 is 0 Å². The standard InChI is InChI=1S/2C8H9.Mg/c2*1-7-5-3-4-6-8(7)2;/h2*3,5-6H,1-2H3;/q2*-1;+2. The van der Waals surface area contributed by atoms with Crippen molar-refractivity contribution in [3.63, 3.8) is 0 Å². The smallest absolute Gasteiger partial charge is 0.184 e. The monoisotopic (exact) mass is 234 g/mol. The Morgan fingerprint density at radius 1 is 0.647 bits per heavy atom. The summed E-state index contributed by atoms with van der Waals surface area (Å²) in [5.41, 5.74) is 5.30. The normalized spacial score (nSPS) is 8.71. The van der Waals surface area contributed by atoms with Crippen LogP contribution in [0.1, 0.15) is 22.3 Å². The summed E-state index contributed by atoms with van der Waals surface area (Å²) in [6.45, 7) is 8.38. The fourth-order valence-corrected chi connectivity index (χ4v) is 1.18. The minimum atomic E-state index is 0. The summed E-state index contributed by atoms with van der Waals surface area (Å²) >= 11 is 0. The molecule has 0 spiro atoms. The molecule has 84 valence electrons. The van der Waals surface area contributed by atoms with Gasteiger partial charge in [-0.15, -0.1) is 0 Å². The number of benzene rings is 2. The maximum absolute atomic E-state index is 3.00. The van der Waals surface area contributed by atoms with E-state index in [0.717, 1.165) is 0 Å². The van der Waals surface area contributed by atoms with E-state index in [9.17, 15) is 0 Å². The average Bonchev–Trinajstić information content (AvgIpc) is 2.28. The van der Waals surface area contributed by atoms with Crippen molar-refractivity contribution in [1.82, 2.24) is 0 Å². The van der Waals surface area contributed by atoms with Crippen LogP contribution in [0.15, 0.2) is 36.4 Å². The summed E-state index contributed by atoms with van der Waals surface area (Å²) in [5.74, 6) is 0. The molecular weight excluding hydrogens is 216 g/mol. The minimum Gasteiger partial charge on any atom is -0.184 e. The van der Waals surface area contributed by atoms with E-state index < -0.39 is 0 Å². The van der Waals surface area contributed by atoms with Gasteiger partial charge in [0.05, 0.1) is 0 Å². The van der Waals surface area contributed by atoms with Gasteiger partial charge in [-0.05, 0) is 0 Å². The first-order chi connectivity index (χ1) is 7.61. The predicted octanol–water partition coefficient (Wildman–Crippen LogP) is 3.83. The van der Waals surface area contributed by atoms with Gasteiger partial charge in [-0.2, -0.15) is 70.8 Å². The molecule has 0 saturated carbocycles. The van der Waals surface area contributed by atoms with Gasteiger partial charge < -0.3 is 0 Å². The third-order valence-electron chi connectivity index (χ3n) is 2.70. The summed E-state index contributed by atoms with van der Waals surface area (Å²) in [7, 11) is 0. The van der Waals surface area contributed by atoms with Crippen molar-refractivity contribution in [1.29, 1.82) is 0 Å². The molecule has 17 heavy (non-hydrogen) atoms. The van der Waals surface area contributed by atoms with Gasteiger partial charge in [-0.25, -0.2) is 0 Å². The molecule has 0 aliphatic carbocycles. The van der Waals surface area contributed by atoms with E-state index in [2.05, 4.69) is 52.0 Å². The van der Waals surface area contributed by atoms with E-state index in [0.29, 0.717) is 0 Å². The quantitative estimate of drug-likeness (QED) is 0.480. The van der Waals surface area contributed by atoms with Gasteiger partial charge in [0.2, 0.25) is 0 Å². The van der Waals surface area contributed by atoms with E-state index in [4.69, 9.17) is 0 Å². The van der Waals surface area contributed by atoms with Crippen molar-refractivity contribution in [2.45, 2.75) is 27.7 Å². The Labute approximate surface area is 121 Å². The van der Waals surface area contributed by atoms with E-state index in [1.807, 2.05) is 24.3 Å². The average molecular weight is 235 g/mol. The van der Waals surface area contributed by atoms with Gasteiger partial charge in [0, 0.05) is 0 Å². The molecule has 0 aromatic heterocycles. The minimum absolute atomic E-state index is 0. The van der Waals surface area contributed by atoms with Crippen LogP contribution in [0.5, 0.6) is 0 Å². The molecule has 2 aromatic rings. The predicted molar refractivity (Wildman–Crippen MR) is 75.3 cm³/mol. The fraction of sp³-hybridized carbons (Fsp3) is 0.250. The Kier molecular flexibility index (Phi) is 7.93. The van der Waals surface area contributed by atoms with Gasteiger partial charge in [0.15, 0.2) is 0 Å².